The molecule has 0 aliphatic heterocycles. The Balaban J connectivity index is 2.63. The molecule has 1 unspecified atom stereocenters. The first-order valence-corrected chi connectivity index (χ1v) is 4.55. The molecular weight excluding hydrogens is 178 g/mol. The van der Waals surface area contributed by atoms with E-state index in [-0.39, 0.29) is 11.9 Å². The molecule has 1 atom stereocenters. The maximum absolute atomic E-state index is 11.2. The van der Waals surface area contributed by atoms with Gasteiger partial charge in [0.05, 0.1) is 6.04 Å². The van der Waals surface area contributed by atoms with E-state index in [0.29, 0.717) is 0 Å². The minimum atomic E-state index is -0.0944. The second-order valence-electron chi connectivity index (χ2n) is 3.13. The molecule has 0 bridgehead atoms. The Morgan fingerprint density at radius 1 is 1.71 bits per heavy atom. The molecule has 0 radical (unpaired) electrons. The van der Waals surface area contributed by atoms with Crippen LogP contribution < -0.4 is 5.32 Å². The first-order valence-electron chi connectivity index (χ1n) is 4.55. The molecule has 1 aromatic heterocycles. The van der Waals surface area contributed by atoms with Crippen LogP contribution in [0.4, 0.5) is 0 Å². The smallest absolute Gasteiger partial charge is 0.244 e. The molecule has 1 rings (SSSR count). The molecule has 0 aliphatic carbocycles. The van der Waals surface area contributed by atoms with E-state index in [1.165, 1.54) is 6.08 Å². The van der Waals surface area contributed by atoms with Gasteiger partial charge in [-0.1, -0.05) is 6.08 Å². The lowest BCUT2D eigenvalue weighted by molar-refractivity contribution is -0.117. The van der Waals surface area contributed by atoms with Crippen molar-refractivity contribution in [3.8, 4) is 0 Å². The molecule has 1 amide bonds. The van der Waals surface area contributed by atoms with E-state index in [0.717, 1.165) is 5.82 Å². The predicted molar refractivity (Wildman–Crippen MR) is 54.6 cm³/mol. The third-order valence-electron chi connectivity index (χ3n) is 1.92. The highest BCUT2D eigenvalue weighted by Gasteiger charge is 2.10. The third kappa shape index (κ3) is 2.45. The van der Waals surface area contributed by atoms with Crippen molar-refractivity contribution in [2.24, 2.45) is 7.05 Å². The molecule has 76 valence electrons. The molecule has 0 aromatic carbocycles. The molecule has 0 spiro atoms. The summed E-state index contributed by atoms with van der Waals surface area (Å²) in [6.45, 7) is 3.72. The van der Waals surface area contributed by atoms with Crippen molar-refractivity contribution in [1.29, 1.82) is 0 Å². The Labute approximate surface area is 83.6 Å². The number of amides is 1. The van der Waals surface area contributed by atoms with Crippen molar-refractivity contribution in [3.05, 3.63) is 30.4 Å². The fourth-order valence-electron chi connectivity index (χ4n) is 1.27. The van der Waals surface area contributed by atoms with E-state index in [1.54, 1.807) is 12.3 Å². The van der Waals surface area contributed by atoms with Gasteiger partial charge in [0.1, 0.15) is 5.82 Å². The van der Waals surface area contributed by atoms with E-state index < -0.39 is 0 Å². The van der Waals surface area contributed by atoms with Gasteiger partial charge in [0.15, 0.2) is 0 Å². The van der Waals surface area contributed by atoms with Crippen LogP contribution in [0.1, 0.15) is 25.7 Å². The third-order valence-corrected chi connectivity index (χ3v) is 1.92. The van der Waals surface area contributed by atoms with E-state index in [4.69, 9.17) is 0 Å². The topological polar surface area (TPSA) is 46.9 Å². The average Bonchev–Trinajstić information content (AvgIpc) is 2.51. The van der Waals surface area contributed by atoms with Gasteiger partial charge in [-0.3, -0.25) is 4.79 Å². The molecule has 14 heavy (non-hydrogen) atoms. The fraction of sp³-hybridized carbons (Fsp3) is 0.400. The zero-order valence-corrected chi connectivity index (χ0v) is 8.69. The van der Waals surface area contributed by atoms with Crippen LogP contribution in [-0.2, 0) is 11.8 Å². The summed E-state index contributed by atoms with van der Waals surface area (Å²) in [6, 6.07) is -0.0706. The number of nitrogens with one attached hydrogen (secondary N) is 1. The quantitative estimate of drug-likeness (QED) is 0.732. The second kappa shape index (κ2) is 4.60. The number of imidazole rings is 1. The number of aryl methyl sites for hydroxylation is 1. The molecule has 1 aromatic rings. The average molecular weight is 193 g/mol. The van der Waals surface area contributed by atoms with E-state index >= 15 is 0 Å². The molecule has 0 saturated carbocycles. The number of hydrogen-bond acceptors (Lipinski definition) is 2. The van der Waals surface area contributed by atoms with Crippen molar-refractivity contribution in [2.45, 2.75) is 19.9 Å². The maximum Gasteiger partial charge on any atom is 0.244 e. The number of nitrogens with zero attached hydrogens (tertiary/aromatic N) is 2. The summed E-state index contributed by atoms with van der Waals surface area (Å²) in [5.74, 6) is 0.755. The highest BCUT2D eigenvalue weighted by atomic mass is 16.1. The van der Waals surface area contributed by atoms with Gasteiger partial charge in [0.25, 0.3) is 0 Å². The van der Waals surface area contributed by atoms with Crippen LogP contribution in [0.15, 0.2) is 24.5 Å². The minimum Gasteiger partial charge on any atom is -0.343 e. The number of rotatable bonds is 3. The first-order chi connectivity index (χ1) is 6.65. The summed E-state index contributed by atoms with van der Waals surface area (Å²) in [6.07, 6.45) is 6.78. The molecule has 0 aliphatic rings. The number of carbonyl (C=O) groups excluding carboxylic acids is 1. The maximum atomic E-state index is 11.2. The standard InChI is InChI=1S/C10H15N3O/c1-4-5-9(14)12-8(2)10-11-6-7-13(10)3/h4-8H,1-3H3,(H,12,14)/b5-4+. The number of aromatic nitrogens is 2. The lowest BCUT2D eigenvalue weighted by atomic mass is 10.3. The number of hydrogen-bond donors (Lipinski definition) is 1. The molecule has 1 N–H and O–H groups in total. The largest absolute Gasteiger partial charge is 0.343 e. The van der Waals surface area contributed by atoms with Crippen molar-refractivity contribution in [1.82, 2.24) is 14.9 Å². The van der Waals surface area contributed by atoms with Crippen molar-refractivity contribution < 1.29 is 4.79 Å². The van der Waals surface area contributed by atoms with E-state index in [2.05, 4.69) is 10.3 Å². The van der Waals surface area contributed by atoms with Crippen LogP contribution in [0, 0.1) is 0 Å². The van der Waals surface area contributed by atoms with Gasteiger partial charge in [-0.25, -0.2) is 4.98 Å². The molecule has 0 saturated heterocycles. The SMILES string of the molecule is C/C=C/C(=O)NC(C)c1nccn1C. The van der Waals surface area contributed by atoms with Crippen LogP contribution in [0.25, 0.3) is 0 Å². The minimum absolute atomic E-state index is 0.0706. The Bertz CT molecular complexity index is 341. The molecular formula is C10H15N3O. The molecule has 4 nitrogen and oxygen atoms in total. The van der Waals surface area contributed by atoms with Gasteiger partial charge in [0, 0.05) is 19.4 Å². The van der Waals surface area contributed by atoms with E-state index in [1.807, 2.05) is 31.7 Å². The van der Waals surface area contributed by atoms with Gasteiger partial charge in [-0.15, -0.1) is 0 Å². The van der Waals surface area contributed by atoms with Gasteiger partial charge in [0.2, 0.25) is 5.91 Å². The van der Waals surface area contributed by atoms with Gasteiger partial charge in [-0.2, -0.15) is 0 Å². The zero-order chi connectivity index (χ0) is 10.6. The van der Waals surface area contributed by atoms with Crippen LogP contribution in [-0.4, -0.2) is 15.5 Å². The predicted octanol–water partition coefficient (Wildman–Crippen LogP) is 1.17. The van der Waals surface area contributed by atoms with Crippen LogP contribution in [0.2, 0.25) is 0 Å². The van der Waals surface area contributed by atoms with Gasteiger partial charge in [-0.05, 0) is 19.9 Å². The first kappa shape index (κ1) is 10.5. The van der Waals surface area contributed by atoms with Crippen LogP contribution in [0.5, 0.6) is 0 Å². The van der Waals surface area contributed by atoms with Gasteiger partial charge < -0.3 is 9.88 Å². The molecule has 4 heteroatoms. The lowest BCUT2D eigenvalue weighted by Gasteiger charge is -2.11. The Hall–Kier alpha value is -1.58. The molecule has 1 heterocycles. The zero-order valence-electron chi connectivity index (χ0n) is 8.69. The summed E-state index contributed by atoms with van der Waals surface area (Å²) < 4.78 is 1.89. The highest BCUT2D eigenvalue weighted by Crippen LogP contribution is 2.07. The fourth-order valence-corrected chi connectivity index (χ4v) is 1.27. The molecule has 0 fully saturated rings. The Kier molecular flexibility index (Phi) is 3.45. The van der Waals surface area contributed by atoms with Crippen molar-refractivity contribution >= 4 is 5.91 Å². The monoisotopic (exact) mass is 193 g/mol. The number of allylic oxidation sites excluding steroid dienone is 1. The normalized spacial score (nSPS) is 13.1. The second-order valence-corrected chi connectivity index (χ2v) is 3.13. The van der Waals surface area contributed by atoms with Crippen LogP contribution >= 0.6 is 0 Å². The van der Waals surface area contributed by atoms with Crippen molar-refractivity contribution in [2.75, 3.05) is 0 Å². The van der Waals surface area contributed by atoms with E-state index in [9.17, 15) is 4.79 Å². The highest BCUT2D eigenvalue weighted by molar-refractivity contribution is 5.87. The van der Waals surface area contributed by atoms with Crippen molar-refractivity contribution in [3.63, 3.8) is 0 Å². The van der Waals surface area contributed by atoms with Crippen LogP contribution in [0.3, 0.4) is 0 Å². The van der Waals surface area contributed by atoms with Gasteiger partial charge >= 0.3 is 0 Å². The Morgan fingerprint density at radius 3 is 2.93 bits per heavy atom. The summed E-state index contributed by atoms with van der Waals surface area (Å²) in [5, 5.41) is 2.81. The summed E-state index contributed by atoms with van der Waals surface area (Å²) in [4.78, 5) is 15.4. The summed E-state index contributed by atoms with van der Waals surface area (Å²) in [7, 11) is 1.90. The summed E-state index contributed by atoms with van der Waals surface area (Å²) in [5.41, 5.74) is 0. The summed E-state index contributed by atoms with van der Waals surface area (Å²) >= 11 is 0. The number of carbonyl (C=O) groups is 1. The lowest BCUT2D eigenvalue weighted by Crippen LogP contribution is -2.26. The Morgan fingerprint density at radius 2 is 2.43 bits per heavy atom.